The van der Waals surface area contributed by atoms with Gasteiger partial charge in [-0.25, -0.2) is 9.37 Å². The first-order chi connectivity index (χ1) is 13.2. The fourth-order valence-corrected chi connectivity index (χ4v) is 3.49. The quantitative estimate of drug-likeness (QED) is 0.496. The summed E-state index contributed by atoms with van der Waals surface area (Å²) in [4.78, 5) is 4.14. The summed E-state index contributed by atoms with van der Waals surface area (Å²) in [5.41, 5.74) is 14.3. The second-order valence-corrected chi connectivity index (χ2v) is 6.89. The van der Waals surface area contributed by atoms with Gasteiger partial charge in [0.1, 0.15) is 5.82 Å². The van der Waals surface area contributed by atoms with Gasteiger partial charge >= 0.3 is 6.18 Å². The molecule has 0 fully saturated rings. The number of benzene rings is 2. The number of anilines is 1. The molecule has 0 radical (unpaired) electrons. The summed E-state index contributed by atoms with van der Waals surface area (Å²) >= 11 is 0. The Hall–Kier alpha value is -2.87. The number of oxazole rings is 1. The number of hydrogen-bond acceptors (Lipinski definition) is 4. The van der Waals surface area contributed by atoms with E-state index >= 15 is 0 Å². The van der Waals surface area contributed by atoms with Gasteiger partial charge in [0.15, 0.2) is 5.76 Å². The monoisotopic (exact) mass is 391 g/mol. The van der Waals surface area contributed by atoms with Crippen LogP contribution in [0.15, 0.2) is 40.9 Å². The molecule has 1 aliphatic rings. The van der Waals surface area contributed by atoms with Crippen LogP contribution in [-0.2, 0) is 19.0 Å². The summed E-state index contributed by atoms with van der Waals surface area (Å²) in [5, 5.41) is 0. The van der Waals surface area contributed by atoms with Gasteiger partial charge in [0.25, 0.3) is 0 Å². The lowest BCUT2D eigenvalue weighted by atomic mass is 9.86. The molecule has 4 rings (SSSR count). The highest BCUT2D eigenvalue weighted by Crippen LogP contribution is 2.37. The minimum Gasteiger partial charge on any atom is -0.436 e. The van der Waals surface area contributed by atoms with Gasteiger partial charge in [0.05, 0.1) is 22.9 Å². The van der Waals surface area contributed by atoms with Crippen LogP contribution in [0.5, 0.6) is 0 Å². The maximum atomic E-state index is 14.2. The van der Waals surface area contributed by atoms with E-state index in [0.29, 0.717) is 23.7 Å². The first-order valence-corrected chi connectivity index (χ1v) is 8.73. The molecule has 1 aromatic heterocycles. The maximum absolute atomic E-state index is 14.2. The zero-order valence-electron chi connectivity index (χ0n) is 14.7. The topological polar surface area (TPSA) is 78.1 Å². The van der Waals surface area contributed by atoms with E-state index in [9.17, 15) is 17.6 Å². The second-order valence-electron chi connectivity index (χ2n) is 6.89. The molecule has 0 saturated heterocycles. The van der Waals surface area contributed by atoms with Gasteiger partial charge < -0.3 is 15.9 Å². The number of nitrogens with two attached hydrogens (primary N) is 2. The first kappa shape index (κ1) is 18.5. The third kappa shape index (κ3) is 3.24. The van der Waals surface area contributed by atoms with Crippen molar-refractivity contribution in [2.75, 3.05) is 5.73 Å². The molecule has 28 heavy (non-hydrogen) atoms. The Morgan fingerprint density at radius 1 is 1.11 bits per heavy atom. The molecule has 0 amide bonds. The number of nitrogen functional groups attached to an aromatic ring is 1. The molecule has 4 N–H and O–H groups in total. The maximum Gasteiger partial charge on any atom is 0.416 e. The lowest BCUT2D eigenvalue weighted by Gasteiger charge is -2.23. The summed E-state index contributed by atoms with van der Waals surface area (Å²) in [6, 6.07) is 6.02. The van der Waals surface area contributed by atoms with Gasteiger partial charge in [-0.15, -0.1) is 0 Å². The molecule has 3 aromatic rings. The van der Waals surface area contributed by atoms with Crippen molar-refractivity contribution in [3.8, 4) is 22.8 Å². The van der Waals surface area contributed by atoms with E-state index in [1.165, 1.54) is 6.20 Å². The third-order valence-electron chi connectivity index (χ3n) is 5.00. The SMILES string of the molecule is Nc1c(-c2ncc(-c3ccc(C(F)(F)F)cc3F)o2)ccc2c1CC(N)CC2. The summed E-state index contributed by atoms with van der Waals surface area (Å²) < 4.78 is 58.0. The number of aryl methyl sites for hydroxylation is 1. The zero-order chi connectivity index (χ0) is 20.1. The third-order valence-corrected chi connectivity index (χ3v) is 5.00. The molecule has 0 bridgehead atoms. The highest BCUT2D eigenvalue weighted by molar-refractivity contribution is 5.76. The molecule has 1 aliphatic carbocycles. The molecule has 2 aromatic carbocycles. The highest BCUT2D eigenvalue weighted by atomic mass is 19.4. The van der Waals surface area contributed by atoms with Crippen LogP contribution in [0.25, 0.3) is 22.8 Å². The van der Waals surface area contributed by atoms with E-state index in [0.717, 1.165) is 36.1 Å². The Labute approximate surface area is 158 Å². The van der Waals surface area contributed by atoms with Gasteiger partial charge in [0.2, 0.25) is 5.89 Å². The van der Waals surface area contributed by atoms with E-state index < -0.39 is 17.6 Å². The lowest BCUT2D eigenvalue weighted by Crippen LogP contribution is -2.28. The largest absolute Gasteiger partial charge is 0.436 e. The van der Waals surface area contributed by atoms with Crippen molar-refractivity contribution in [2.24, 2.45) is 5.73 Å². The standard InChI is InChI=1S/C20H17F4N3O/c21-16-7-11(20(22,23)24)3-6-13(16)17-9-27-19(28-17)14-5-2-10-1-4-12(25)8-15(10)18(14)26/h2-3,5-7,9,12H,1,4,8,25-26H2. The van der Waals surface area contributed by atoms with Gasteiger partial charge in [0, 0.05) is 11.7 Å². The average Bonchev–Trinajstić information content (AvgIpc) is 3.11. The van der Waals surface area contributed by atoms with Crippen LogP contribution in [0.1, 0.15) is 23.1 Å². The summed E-state index contributed by atoms with van der Waals surface area (Å²) in [6.07, 6.45) is -0.969. The number of rotatable bonds is 2. The molecule has 1 heterocycles. The minimum atomic E-state index is -4.62. The predicted molar refractivity (Wildman–Crippen MR) is 96.7 cm³/mol. The van der Waals surface area contributed by atoms with Gasteiger partial charge in [-0.05, 0) is 54.7 Å². The number of fused-ring (bicyclic) bond motifs is 1. The Bertz CT molecular complexity index is 1040. The Morgan fingerprint density at radius 3 is 2.57 bits per heavy atom. The number of aromatic nitrogens is 1. The Morgan fingerprint density at radius 2 is 1.86 bits per heavy atom. The molecular formula is C20H17F4N3O. The summed E-state index contributed by atoms with van der Waals surface area (Å²) in [6.45, 7) is 0. The molecule has 4 nitrogen and oxygen atoms in total. The highest BCUT2D eigenvalue weighted by Gasteiger charge is 2.31. The molecule has 0 saturated carbocycles. The van der Waals surface area contributed by atoms with Crippen LogP contribution >= 0.6 is 0 Å². The Balaban J connectivity index is 1.70. The minimum absolute atomic E-state index is 0.0232. The number of nitrogens with zero attached hydrogens (tertiary/aromatic N) is 1. The van der Waals surface area contributed by atoms with Crippen LogP contribution in [0.3, 0.4) is 0 Å². The van der Waals surface area contributed by atoms with Gasteiger partial charge in [-0.1, -0.05) is 6.07 Å². The van der Waals surface area contributed by atoms with E-state index in [2.05, 4.69) is 4.98 Å². The second kappa shape index (κ2) is 6.63. The van der Waals surface area contributed by atoms with Crippen LogP contribution in [0.4, 0.5) is 23.2 Å². The van der Waals surface area contributed by atoms with Crippen LogP contribution in [0.2, 0.25) is 0 Å². The molecule has 1 unspecified atom stereocenters. The number of hydrogen-bond donors (Lipinski definition) is 2. The van der Waals surface area contributed by atoms with Crippen LogP contribution in [-0.4, -0.2) is 11.0 Å². The van der Waals surface area contributed by atoms with Crippen molar-refractivity contribution in [2.45, 2.75) is 31.5 Å². The number of halogens is 4. The summed E-state index contributed by atoms with van der Waals surface area (Å²) in [7, 11) is 0. The fourth-order valence-electron chi connectivity index (χ4n) is 3.49. The zero-order valence-corrected chi connectivity index (χ0v) is 14.7. The average molecular weight is 391 g/mol. The smallest absolute Gasteiger partial charge is 0.416 e. The van der Waals surface area contributed by atoms with Crippen LogP contribution < -0.4 is 11.5 Å². The fraction of sp³-hybridized carbons (Fsp3) is 0.250. The number of alkyl halides is 3. The van der Waals surface area contributed by atoms with Crippen molar-refractivity contribution in [1.29, 1.82) is 0 Å². The van der Waals surface area contributed by atoms with Crippen molar-refractivity contribution in [3.05, 3.63) is 59.0 Å². The van der Waals surface area contributed by atoms with Gasteiger partial charge in [-0.2, -0.15) is 13.2 Å². The van der Waals surface area contributed by atoms with E-state index in [1.807, 2.05) is 6.07 Å². The predicted octanol–water partition coefficient (Wildman–Crippen LogP) is 4.56. The van der Waals surface area contributed by atoms with E-state index in [4.69, 9.17) is 15.9 Å². The van der Waals surface area contributed by atoms with Crippen molar-refractivity contribution >= 4 is 5.69 Å². The van der Waals surface area contributed by atoms with Crippen molar-refractivity contribution < 1.29 is 22.0 Å². The van der Waals surface area contributed by atoms with E-state index in [-0.39, 0.29) is 23.3 Å². The molecule has 8 heteroatoms. The lowest BCUT2D eigenvalue weighted by molar-refractivity contribution is -0.137. The molecule has 0 spiro atoms. The molecule has 0 aliphatic heterocycles. The van der Waals surface area contributed by atoms with Crippen molar-refractivity contribution in [1.82, 2.24) is 4.98 Å². The Kier molecular flexibility index (Phi) is 4.38. The normalized spacial score (nSPS) is 16.8. The van der Waals surface area contributed by atoms with Crippen molar-refractivity contribution in [3.63, 3.8) is 0 Å². The van der Waals surface area contributed by atoms with E-state index in [1.54, 1.807) is 6.07 Å². The molecule has 146 valence electrons. The molecular weight excluding hydrogens is 374 g/mol. The summed E-state index contributed by atoms with van der Waals surface area (Å²) in [5.74, 6) is -0.842. The molecule has 1 atom stereocenters. The first-order valence-electron chi connectivity index (χ1n) is 8.73. The van der Waals surface area contributed by atoms with Crippen LogP contribution in [0, 0.1) is 5.82 Å². The van der Waals surface area contributed by atoms with Gasteiger partial charge in [-0.3, -0.25) is 0 Å².